The molecule has 0 aliphatic rings. The van der Waals surface area contributed by atoms with Crippen LogP contribution in [-0.2, 0) is 55.8 Å². The maximum Gasteiger partial charge on any atom is 0.472 e. The lowest BCUT2D eigenvalue weighted by Crippen LogP contribution is -2.30. The zero-order valence-corrected chi connectivity index (χ0v) is 61.4. The van der Waals surface area contributed by atoms with E-state index in [1.165, 1.54) is 141 Å². The van der Waals surface area contributed by atoms with Crippen molar-refractivity contribution >= 4 is 33.6 Å². The van der Waals surface area contributed by atoms with E-state index in [1.54, 1.807) is 0 Å². The van der Waals surface area contributed by atoms with Crippen LogP contribution >= 0.6 is 15.6 Å². The van der Waals surface area contributed by atoms with Crippen LogP contribution in [0.5, 0.6) is 0 Å². The average Bonchev–Trinajstić information content (AvgIpc) is 3.71. The highest BCUT2D eigenvalue weighted by molar-refractivity contribution is 7.47. The van der Waals surface area contributed by atoms with E-state index in [2.05, 4.69) is 118 Å². The lowest BCUT2D eigenvalue weighted by atomic mass is 10.0. The number of esters is 3. The largest absolute Gasteiger partial charge is 0.472 e. The van der Waals surface area contributed by atoms with E-state index in [-0.39, 0.29) is 19.3 Å². The molecule has 0 bridgehead atoms. The zero-order chi connectivity index (χ0) is 69.5. The molecule has 0 aromatic heterocycles. The maximum atomic E-state index is 12.9. The number of unbranched alkanes of at least 4 members (excludes halogenated alkanes) is 29. The second-order valence-electron chi connectivity index (χ2n) is 24.7. The summed E-state index contributed by atoms with van der Waals surface area (Å²) in [7, 11) is -9.79. The smallest absolute Gasteiger partial charge is 0.463 e. The van der Waals surface area contributed by atoms with Gasteiger partial charge >= 0.3 is 33.6 Å². The number of hydrogen-bond donors (Lipinski definition) is 4. The van der Waals surface area contributed by atoms with E-state index >= 15 is 0 Å². The van der Waals surface area contributed by atoms with Crippen LogP contribution in [0.4, 0.5) is 0 Å². The van der Waals surface area contributed by atoms with Crippen molar-refractivity contribution in [2.45, 2.75) is 322 Å². The van der Waals surface area contributed by atoms with Crippen LogP contribution in [0.1, 0.15) is 303 Å². The molecule has 0 rings (SSSR count). The lowest BCUT2D eigenvalue weighted by molar-refractivity contribution is -0.161. The first kappa shape index (κ1) is 91.2. The van der Waals surface area contributed by atoms with Gasteiger partial charge in [0.05, 0.1) is 26.4 Å². The Kier molecular flexibility index (Phi) is 67.3. The Bertz CT molecular complexity index is 2170. The van der Waals surface area contributed by atoms with Gasteiger partial charge in [0, 0.05) is 19.3 Å². The van der Waals surface area contributed by atoms with Gasteiger partial charge in [-0.25, -0.2) is 9.13 Å². The molecule has 0 saturated heterocycles. The standard InChI is InChI=1S/C77H134O16P2/c1-4-7-10-13-16-19-22-24-26-28-29-30-31-32-33-34-35-36-37-38-39-40-41-43-45-46-49-51-54-57-60-63-75(80)87-66-72(78)67-89-94(83,84)90-68-73(79)69-91-95(85,86)92-71-74(93-77(82)65-62-59-56-53-48-21-18-15-12-9-6-3)70-88-76(81)64-61-58-55-52-50-47-44-42-27-25-23-20-17-14-11-8-5-2/h8,11,16-17,19-20,24-27,29-30,32-33,44,47,52,55,72-74,78-79H,4-7,9-10,12-15,18,21-23,28,31,34-43,45-46,48-51,53-54,56-71H2,1-3H3,(H,83,84)(H,85,86)/b11-8-,19-16-,20-17-,26-24-,27-25-,30-29-,33-32-,47-44-,55-52-. The third kappa shape index (κ3) is 71.3. The van der Waals surface area contributed by atoms with Crippen molar-refractivity contribution in [2.24, 2.45) is 0 Å². The van der Waals surface area contributed by atoms with E-state index < -0.39 is 91.5 Å². The number of phosphoric ester groups is 2. The van der Waals surface area contributed by atoms with Crippen LogP contribution in [0.3, 0.4) is 0 Å². The number of rotatable bonds is 70. The first-order valence-corrected chi connectivity index (χ1v) is 40.2. The molecular weight excluding hydrogens is 1240 g/mol. The maximum absolute atomic E-state index is 12.9. The summed E-state index contributed by atoms with van der Waals surface area (Å²) in [6, 6.07) is 0. The Balaban J connectivity index is 4.41. The first-order chi connectivity index (χ1) is 46.2. The molecule has 0 radical (unpaired) electrons. The monoisotopic (exact) mass is 1380 g/mol. The molecular formula is C77H134O16P2. The predicted molar refractivity (Wildman–Crippen MR) is 390 cm³/mol. The van der Waals surface area contributed by atoms with E-state index in [1.807, 2.05) is 12.2 Å². The van der Waals surface area contributed by atoms with Crippen LogP contribution in [0.2, 0.25) is 0 Å². The summed E-state index contributed by atoms with van der Waals surface area (Å²) in [6.07, 6.45) is 80.3. The molecule has 5 unspecified atom stereocenters. The Hall–Kier alpha value is -3.79. The van der Waals surface area contributed by atoms with Gasteiger partial charge in [0.2, 0.25) is 0 Å². The molecule has 0 saturated carbocycles. The third-order valence-corrected chi connectivity index (χ3v) is 17.4. The minimum absolute atomic E-state index is 0.0928. The SMILES string of the molecule is CC/C=C\C/C=C\C/C=C\C/C=C\C/C=C\CCCC(=O)OCC(COP(=O)(O)OCC(O)COP(=O)(O)OCC(O)COC(=O)CCCCCCCCCCCCCCCCC/C=C\C/C=C\C/C=C\C/C=C\CCCCC)OC(=O)CCCCCCCCCCCCC. The van der Waals surface area contributed by atoms with Gasteiger partial charge in [-0.3, -0.25) is 32.5 Å². The van der Waals surface area contributed by atoms with Crippen LogP contribution in [0, 0.1) is 0 Å². The quantitative estimate of drug-likeness (QED) is 0.0146. The van der Waals surface area contributed by atoms with Gasteiger partial charge in [-0.05, 0) is 103 Å². The minimum Gasteiger partial charge on any atom is -0.463 e. The van der Waals surface area contributed by atoms with Crippen LogP contribution in [0.25, 0.3) is 0 Å². The fourth-order valence-corrected chi connectivity index (χ4v) is 11.4. The molecule has 0 heterocycles. The van der Waals surface area contributed by atoms with Gasteiger partial charge in [-0.2, -0.15) is 0 Å². The number of aliphatic hydroxyl groups excluding tert-OH is 2. The lowest BCUT2D eigenvalue weighted by Gasteiger charge is -2.21. The van der Waals surface area contributed by atoms with Gasteiger partial charge in [0.1, 0.15) is 25.4 Å². The Morgan fingerprint density at radius 1 is 0.305 bits per heavy atom. The number of carbonyl (C=O) groups is 3. The Morgan fingerprint density at radius 3 is 0.947 bits per heavy atom. The average molecular weight is 1380 g/mol. The number of hydrogen-bond acceptors (Lipinski definition) is 14. The molecule has 18 heteroatoms. The summed E-state index contributed by atoms with van der Waals surface area (Å²) >= 11 is 0. The topological polar surface area (TPSA) is 231 Å². The van der Waals surface area contributed by atoms with Crippen LogP contribution < -0.4 is 0 Å². The Labute approximate surface area is 577 Å². The summed E-state index contributed by atoms with van der Waals surface area (Å²) in [6.45, 7) is 2.46. The van der Waals surface area contributed by atoms with Crippen molar-refractivity contribution in [3.63, 3.8) is 0 Å². The fourth-order valence-electron chi connectivity index (χ4n) is 9.83. The van der Waals surface area contributed by atoms with Crippen LogP contribution in [0.15, 0.2) is 109 Å². The summed E-state index contributed by atoms with van der Waals surface area (Å²) < 4.78 is 60.8. The molecule has 0 spiro atoms. The predicted octanol–water partition coefficient (Wildman–Crippen LogP) is 21.2. The van der Waals surface area contributed by atoms with Gasteiger partial charge in [-0.15, -0.1) is 0 Å². The second-order valence-corrected chi connectivity index (χ2v) is 27.6. The number of phosphoric acid groups is 2. The van der Waals surface area contributed by atoms with Crippen LogP contribution in [-0.4, -0.2) is 95.9 Å². The van der Waals surface area contributed by atoms with Gasteiger partial charge in [-0.1, -0.05) is 291 Å². The number of carbonyl (C=O) groups excluding carboxylic acids is 3. The molecule has 5 atom stereocenters. The molecule has 0 fully saturated rings. The molecule has 16 nitrogen and oxygen atoms in total. The van der Waals surface area contributed by atoms with Crippen molar-refractivity contribution in [1.82, 2.24) is 0 Å². The van der Waals surface area contributed by atoms with Crippen molar-refractivity contribution in [3.05, 3.63) is 109 Å². The molecule has 95 heavy (non-hydrogen) atoms. The minimum atomic E-state index is -4.93. The highest BCUT2D eigenvalue weighted by Gasteiger charge is 2.29. The third-order valence-electron chi connectivity index (χ3n) is 15.5. The number of allylic oxidation sites excluding steroid dienone is 18. The molecule has 4 N–H and O–H groups in total. The zero-order valence-electron chi connectivity index (χ0n) is 59.6. The van der Waals surface area contributed by atoms with E-state index in [4.69, 9.17) is 32.3 Å². The van der Waals surface area contributed by atoms with E-state index in [0.717, 1.165) is 96.3 Å². The van der Waals surface area contributed by atoms with Gasteiger partial charge in [0.25, 0.3) is 0 Å². The normalized spacial score (nSPS) is 14.7. The molecule has 0 aliphatic carbocycles. The number of ether oxygens (including phenoxy) is 3. The summed E-state index contributed by atoms with van der Waals surface area (Å²) in [4.78, 5) is 58.3. The van der Waals surface area contributed by atoms with E-state index in [0.29, 0.717) is 25.7 Å². The van der Waals surface area contributed by atoms with Gasteiger partial charge < -0.3 is 34.2 Å². The molecule has 0 aliphatic heterocycles. The molecule has 548 valence electrons. The summed E-state index contributed by atoms with van der Waals surface area (Å²) in [5.74, 6) is -1.64. The molecule has 0 aromatic rings. The van der Waals surface area contributed by atoms with Gasteiger partial charge in [0.15, 0.2) is 6.10 Å². The fraction of sp³-hybridized carbons (Fsp3) is 0.727. The highest BCUT2D eigenvalue weighted by atomic mass is 31.2. The molecule has 0 amide bonds. The highest BCUT2D eigenvalue weighted by Crippen LogP contribution is 2.45. The van der Waals surface area contributed by atoms with Crippen molar-refractivity contribution in [3.8, 4) is 0 Å². The van der Waals surface area contributed by atoms with Crippen molar-refractivity contribution < 1.29 is 75.8 Å². The second kappa shape index (κ2) is 70.1. The summed E-state index contributed by atoms with van der Waals surface area (Å²) in [5.41, 5.74) is 0. The number of aliphatic hydroxyl groups is 2. The van der Waals surface area contributed by atoms with Crippen molar-refractivity contribution in [2.75, 3.05) is 39.6 Å². The first-order valence-electron chi connectivity index (χ1n) is 37.2. The van der Waals surface area contributed by atoms with Crippen molar-refractivity contribution in [1.29, 1.82) is 0 Å². The Morgan fingerprint density at radius 2 is 0.568 bits per heavy atom. The van der Waals surface area contributed by atoms with E-state index in [9.17, 15) is 43.5 Å². The summed E-state index contributed by atoms with van der Waals surface area (Å²) in [5, 5.41) is 20.6. The molecule has 0 aromatic carbocycles.